The van der Waals surface area contributed by atoms with Crippen LogP contribution in [0.1, 0.15) is 29.6 Å². The smallest absolute Gasteiger partial charge is 0.263 e. The zero-order valence-corrected chi connectivity index (χ0v) is 18.0. The minimum atomic E-state index is -3.91. The van der Waals surface area contributed by atoms with Gasteiger partial charge in [0.1, 0.15) is 4.90 Å². The molecule has 1 saturated heterocycles. The molecule has 1 aliphatic heterocycles. The molecular weight excluding hydrogens is 410 g/mol. The zero-order valence-electron chi connectivity index (χ0n) is 16.4. The van der Waals surface area contributed by atoms with Crippen molar-refractivity contribution < 1.29 is 13.2 Å². The van der Waals surface area contributed by atoms with Gasteiger partial charge >= 0.3 is 0 Å². The second-order valence-electron chi connectivity index (χ2n) is 7.41. The molecule has 2 aromatic carbocycles. The van der Waals surface area contributed by atoms with Gasteiger partial charge in [-0.15, -0.1) is 0 Å². The lowest BCUT2D eigenvalue weighted by Gasteiger charge is -2.28. The Morgan fingerprint density at radius 2 is 1.83 bits per heavy atom. The molecule has 29 heavy (non-hydrogen) atoms. The highest BCUT2D eigenvalue weighted by molar-refractivity contribution is 7.92. The predicted octanol–water partition coefficient (Wildman–Crippen LogP) is 3.60. The minimum Gasteiger partial charge on any atom is -0.352 e. The quantitative estimate of drug-likeness (QED) is 0.696. The van der Waals surface area contributed by atoms with Crippen molar-refractivity contribution in [2.24, 2.45) is 5.92 Å². The Kier molecular flexibility index (Phi) is 7.16. The Balaban J connectivity index is 1.64. The van der Waals surface area contributed by atoms with E-state index in [-0.39, 0.29) is 21.4 Å². The number of rotatable bonds is 7. The van der Waals surface area contributed by atoms with Crippen LogP contribution in [0.2, 0.25) is 5.02 Å². The number of piperidine rings is 1. The minimum absolute atomic E-state index is 0.0660. The maximum atomic E-state index is 12.7. The lowest BCUT2D eigenvalue weighted by atomic mass is 9.94. The second kappa shape index (κ2) is 9.61. The standard InChI is InChI=1S/C21H26ClN3O3S/c1-25-13-10-16(11-14-25)9-12-23-21(26)17-7-8-19(22)20(15-17)29(27,28)24-18-5-3-2-4-6-18/h2-8,15-16,24H,9-14H2,1H3,(H,23,26). The number of sulfonamides is 1. The van der Waals surface area contributed by atoms with E-state index in [1.165, 1.54) is 18.2 Å². The summed E-state index contributed by atoms with van der Waals surface area (Å²) in [6.45, 7) is 2.75. The summed E-state index contributed by atoms with van der Waals surface area (Å²) in [6.07, 6.45) is 3.20. The van der Waals surface area contributed by atoms with E-state index in [0.29, 0.717) is 18.2 Å². The van der Waals surface area contributed by atoms with E-state index in [1.54, 1.807) is 30.3 Å². The molecule has 0 aromatic heterocycles. The number of halogens is 1. The van der Waals surface area contributed by atoms with Gasteiger partial charge in [0.15, 0.2) is 0 Å². The largest absolute Gasteiger partial charge is 0.352 e. The van der Waals surface area contributed by atoms with Crippen LogP contribution in [0, 0.1) is 5.92 Å². The Morgan fingerprint density at radius 1 is 1.14 bits per heavy atom. The summed E-state index contributed by atoms with van der Waals surface area (Å²) in [5, 5.41) is 2.96. The molecule has 156 valence electrons. The average molecular weight is 436 g/mol. The van der Waals surface area contributed by atoms with E-state index >= 15 is 0 Å². The van der Waals surface area contributed by atoms with Crippen molar-refractivity contribution in [2.75, 3.05) is 31.4 Å². The van der Waals surface area contributed by atoms with Gasteiger partial charge in [-0.05, 0) is 75.6 Å². The number of hydrogen-bond acceptors (Lipinski definition) is 4. The van der Waals surface area contributed by atoms with E-state index in [4.69, 9.17) is 11.6 Å². The van der Waals surface area contributed by atoms with Crippen LogP contribution in [0.5, 0.6) is 0 Å². The van der Waals surface area contributed by atoms with Crippen LogP contribution in [-0.4, -0.2) is 45.9 Å². The first-order chi connectivity index (χ1) is 13.8. The molecule has 1 amide bonds. The number of para-hydroxylation sites is 1. The Labute approximate surface area is 177 Å². The Bertz CT molecular complexity index is 943. The summed E-state index contributed by atoms with van der Waals surface area (Å²) in [6, 6.07) is 12.8. The zero-order chi connectivity index (χ0) is 20.9. The summed E-state index contributed by atoms with van der Waals surface area (Å²) in [7, 11) is -1.79. The van der Waals surface area contributed by atoms with Crippen LogP contribution in [0.25, 0.3) is 0 Å². The van der Waals surface area contributed by atoms with Crippen LogP contribution >= 0.6 is 11.6 Å². The number of benzene rings is 2. The van der Waals surface area contributed by atoms with Crippen LogP contribution in [0.15, 0.2) is 53.4 Å². The van der Waals surface area contributed by atoms with Crippen molar-refractivity contribution in [1.29, 1.82) is 0 Å². The van der Waals surface area contributed by atoms with Crippen molar-refractivity contribution in [3.8, 4) is 0 Å². The molecule has 2 N–H and O–H groups in total. The summed E-state index contributed by atoms with van der Waals surface area (Å²) in [4.78, 5) is 14.7. The van der Waals surface area contributed by atoms with E-state index in [0.717, 1.165) is 32.4 Å². The fraction of sp³-hybridized carbons (Fsp3) is 0.381. The number of nitrogens with zero attached hydrogens (tertiary/aromatic N) is 1. The van der Waals surface area contributed by atoms with Crippen LogP contribution < -0.4 is 10.0 Å². The van der Waals surface area contributed by atoms with Crippen LogP contribution in [0.3, 0.4) is 0 Å². The topological polar surface area (TPSA) is 78.5 Å². The third kappa shape index (κ3) is 5.95. The maximum absolute atomic E-state index is 12.7. The first kappa shape index (κ1) is 21.6. The molecule has 8 heteroatoms. The van der Waals surface area contributed by atoms with Crippen molar-refractivity contribution in [3.05, 3.63) is 59.1 Å². The average Bonchev–Trinajstić information content (AvgIpc) is 2.70. The maximum Gasteiger partial charge on any atom is 0.263 e. The van der Waals surface area contributed by atoms with Crippen molar-refractivity contribution >= 4 is 33.2 Å². The second-order valence-corrected chi connectivity index (χ2v) is 9.47. The molecule has 1 fully saturated rings. The molecule has 1 aliphatic rings. The molecule has 0 unspecified atom stereocenters. The highest BCUT2D eigenvalue weighted by atomic mass is 35.5. The van der Waals surface area contributed by atoms with E-state index in [1.807, 2.05) is 0 Å². The van der Waals surface area contributed by atoms with Gasteiger partial charge in [0.05, 0.1) is 5.02 Å². The molecule has 0 saturated carbocycles. The number of carbonyl (C=O) groups excluding carboxylic acids is 1. The third-order valence-electron chi connectivity index (χ3n) is 5.19. The first-order valence-electron chi connectivity index (χ1n) is 9.69. The molecular formula is C21H26ClN3O3S. The number of hydrogen-bond donors (Lipinski definition) is 2. The van der Waals surface area contributed by atoms with Crippen molar-refractivity contribution in [3.63, 3.8) is 0 Å². The third-order valence-corrected chi connectivity index (χ3v) is 7.05. The lowest BCUT2D eigenvalue weighted by Crippen LogP contribution is -2.32. The van der Waals surface area contributed by atoms with E-state index < -0.39 is 10.0 Å². The van der Waals surface area contributed by atoms with E-state index in [9.17, 15) is 13.2 Å². The monoisotopic (exact) mass is 435 g/mol. The molecule has 3 rings (SSSR count). The highest BCUT2D eigenvalue weighted by Crippen LogP contribution is 2.25. The summed E-state index contributed by atoms with van der Waals surface area (Å²) in [5.74, 6) is 0.313. The number of amides is 1. The van der Waals surface area contributed by atoms with Gasteiger partial charge in [0.2, 0.25) is 0 Å². The molecule has 0 aliphatic carbocycles. The molecule has 6 nitrogen and oxygen atoms in total. The predicted molar refractivity (Wildman–Crippen MR) is 116 cm³/mol. The molecule has 0 bridgehead atoms. The number of likely N-dealkylation sites (tertiary alicyclic amines) is 1. The lowest BCUT2D eigenvalue weighted by molar-refractivity contribution is 0.0948. The summed E-state index contributed by atoms with van der Waals surface area (Å²) < 4.78 is 27.9. The summed E-state index contributed by atoms with van der Waals surface area (Å²) >= 11 is 6.11. The van der Waals surface area contributed by atoms with Crippen LogP contribution in [-0.2, 0) is 10.0 Å². The number of carbonyl (C=O) groups is 1. The first-order valence-corrected chi connectivity index (χ1v) is 11.6. The van der Waals surface area contributed by atoms with Gasteiger partial charge in [-0.25, -0.2) is 8.42 Å². The molecule has 0 atom stereocenters. The van der Waals surface area contributed by atoms with Crippen molar-refractivity contribution in [1.82, 2.24) is 10.2 Å². The van der Waals surface area contributed by atoms with Gasteiger partial charge in [-0.1, -0.05) is 29.8 Å². The van der Waals surface area contributed by atoms with E-state index in [2.05, 4.69) is 22.0 Å². The summed E-state index contributed by atoms with van der Waals surface area (Å²) in [5.41, 5.74) is 0.697. The molecule has 0 radical (unpaired) electrons. The van der Waals surface area contributed by atoms with Gasteiger partial charge in [-0.3, -0.25) is 9.52 Å². The fourth-order valence-corrected chi connectivity index (χ4v) is 4.99. The van der Waals surface area contributed by atoms with Gasteiger partial charge < -0.3 is 10.2 Å². The van der Waals surface area contributed by atoms with Gasteiger partial charge in [0, 0.05) is 17.8 Å². The normalized spacial score (nSPS) is 15.8. The Morgan fingerprint density at radius 3 is 2.52 bits per heavy atom. The van der Waals surface area contributed by atoms with Crippen molar-refractivity contribution in [2.45, 2.75) is 24.2 Å². The SMILES string of the molecule is CN1CCC(CCNC(=O)c2ccc(Cl)c(S(=O)(=O)Nc3ccccc3)c2)CC1. The van der Waals surface area contributed by atoms with Gasteiger partial charge in [0.25, 0.3) is 15.9 Å². The highest BCUT2D eigenvalue weighted by Gasteiger charge is 2.21. The van der Waals surface area contributed by atoms with Gasteiger partial charge in [-0.2, -0.15) is 0 Å². The fourth-order valence-electron chi connectivity index (χ4n) is 3.41. The number of anilines is 1. The molecule has 0 spiro atoms. The molecule has 1 heterocycles. The molecule has 2 aromatic rings. The Hall–Kier alpha value is -2.09. The number of nitrogens with one attached hydrogen (secondary N) is 2. The van der Waals surface area contributed by atoms with Crippen LogP contribution in [0.4, 0.5) is 5.69 Å².